The molecule has 0 aliphatic heterocycles. The summed E-state index contributed by atoms with van der Waals surface area (Å²) in [5.74, 6) is 1.01. The molecule has 0 aliphatic rings. The fourth-order valence-electron chi connectivity index (χ4n) is 2.38. The van der Waals surface area contributed by atoms with Crippen LogP contribution in [0.3, 0.4) is 0 Å². The zero-order chi connectivity index (χ0) is 13.7. The summed E-state index contributed by atoms with van der Waals surface area (Å²) in [5.41, 5.74) is 2.54. The fourth-order valence-corrected chi connectivity index (χ4v) is 2.38. The van der Waals surface area contributed by atoms with Crippen molar-refractivity contribution in [1.29, 1.82) is 0 Å². The van der Waals surface area contributed by atoms with E-state index in [1.165, 1.54) is 11.3 Å². The summed E-state index contributed by atoms with van der Waals surface area (Å²) in [4.78, 5) is 0. The minimum atomic E-state index is 0.355. The Bertz CT molecular complexity index is 501. The third-order valence-corrected chi connectivity index (χ3v) is 3.53. The molecular formula is C15H23N3O. The van der Waals surface area contributed by atoms with E-state index in [4.69, 9.17) is 4.42 Å². The summed E-state index contributed by atoms with van der Waals surface area (Å²) in [7, 11) is 1.99. The topological polar surface area (TPSA) is 43.0 Å². The molecule has 1 unspecified atom stereocenters. The summed E-state index contributed by atoms with van der Waals surface area (Å²) in [6.07, 6.45) is 6.84. The average Bonchev–Trinajstić information content (AvgIpc) is 2.99. The van der Waals surface area contributed by atoms with E-state index in [2.05, 4.69) is 29.5 Å². The molecule has 0 spiro atoms. The third-order valence-electron chi connectivity index (χ3n) is 3.53. The van der Waals surface area contributed by atoms with Crippen molar-refractivity contribution in [3.8, 4) is 0 Å². The van der Waals surface area contributed by atoms with E-state index < -0.39 is 0 Å². The largest absolute Gasteiger partial charge is 0.469 e. The van der Waals surface area contributed by atoms with Crippen LogP contribution in [0.5, 0.6) is 0 Å². The quantitative estimate of drug-likeness (QED) is 0.833. The molecule has 4 heteroatoms. The van der Waals surface area contributed by atoms with Gasteiger partial charge < -0.3 is 9.73 Å². The Labute approximate surface area is 114 Å². The van der Waals surface area contributed by atoms with Crippen molar-refractivity contribution in [1.82, 2.24) is 15.1 Å². The fraction of sp³-hybridized carbons (Fsp3) is 0.533. The Morgan fingerprint density at radius 3 is 2.84 bits per heavy atom. The second kappa shape index (κ2) is 6.57. The van der Waals surface area contributed by atoms with Gasteiger partial charge in [-0.05, 0) is 44.9 Å². The first-order valence-corrected chi connectivity index (χ1v) is 6.96. The lowest BCUT2D eigenvalue weighted by Crippen LogP contribution is -2.23. The second-order valence-electron chi connectivity index (χ2n) is 4.92. The van der Waals surface area contributed by atoms with E-state index >= 15 is 0 Å². The van der Waals surface area contributed by atoms with Crippen LogP contribution >= 0.6 is 0 Å². The first kappa shape index (κ1) is 13.9. The van der Waals surface area contributed by atoms with Gasteiger partial charge in [-0.1, -0.05) is 6.92 Å². The van der Waals surface area contributed by atoms with Crippen molar-refractivity contribution >= 4 is 0 Å². The lowest BCUT2D eigenvalue weighted by atomic mass is 10.0. The number of aryl methyl sites for hydroxylation is 3. The van der Waals surface area contributed by atoms with Crippen molar-refractivity contribution in [2.75, 3.05) is 6.54 Å². The Kier molecular flexibility index (Phi) is 4.80. The molecule has 0 fully saturated rings. The number of nitrogens with one attached hydrogen (secondary N) is 1. The third kappa shape index (κ3) is 3.47. The van der Waals surface area contributed by atoms with Gasteiger partial charge in [-0.25, -0.2) is 0 Å². The number of nitrogens with zero attached hydrogens (tertiary/aromatic N) is 2. The predicted octanol–water partition coefficient (Wildman–Crippen LogP) is 3.00. The van der Waals surface area contributed by atoms with Crippen molar-refractivity contribution in [2.45, 2.75) is 39.2 Å². The van der Waals surface area contributed by atoms with Crippen LogP contribution in [0.25, 0.3) is 0 Å². The number of hydrogen-bond acceptors (Lipinski definition) is 3. The standard InChI is InChI=1S/C15H23N3O/c1-4-9-16-15(14-8-11-19-12(14)2)6-5-13-7-10-17-18(13)3/h7-8,10-11,15-16H,4-6,9H2,1-3H3. The van der Waals surface area contributed by atoms with Crippen molar-refractivity contribution in [2.24, 2.45) is 7.05 Å². The molecule has 0 aliphatic carbocycles. The van der Waals surface area contributed by atoms with Gasteiger partial charge in [0.1, 0.15) is 5.76 Å². The zero-order valence-corrected chi connectivity index (χ0v) is 12.0. The van der Waals surface area contributed by atoms with Crippen LogP contribution in [-0.4, -0.2) is 16.3 Å². The van der Waals surface area contributed by atoms with Gasteiger partial charge in [0.15, 0.2) is 0 Å². The van der Waals surface area contributed by atoms with Crippen LogP contribution in [-0.2, 0) is 13.5 Å². The second-order valence-corrected chi connectivity index (χ2v) is 4.92. The lowest BCUT2D eigenvalue weighted by Gasteiger charge is -2.18. The van der Waals surface area contributed by atoms with Crippen LogP contribution in [0.15, 0.2) is 29.0 Å². The Morgan fingerprint density at radius 1 is 1.42 bits per heavy atom. The molecule has 104 valence electrons. The minimum Gasteiger partial charge on any atom is -0.469 e. The Morgan fingerprint density at radius 2 is 2.26 bits per heavy atom. The normalized spacial score (nSPS) is 12.8. The first-order chi connectivity index (χ1) is 9.22. The molecule has 0 bridgehead atoms. The molecule has 0 saturated heterocycles. The minimum absolute atomic E-state index is 0.355. The maximum Gasteiger partial charge on any atom is 0.105 e. The summed E-state index contributed by atoms with van der Waals surface area (Å²) in [5, 5.41) is 7.82. The van der Waals surface area contributed by atoms with E-state index in [9.17, 15) is 0 Å². The van der Waals surface area contributed by atoms with Gasteiger partial charge in [0.05, 0.1) is 6.26 Å². The average molecular weight is 261 g/mol. The summed E-state index contributed by atoms with van der Waals surface area (Å²) in [6, 6.07) is 4.51. The number of rotatable bonds is 7. The molecule has 1 N–H and O–H groups in total. The van der Waals surface area contributed by atoms with Crippen LogP contribution in [0.4, 0.5) is 0 Å². The molecule has 19 heavy (non-hydrogen) atoms. The van der Waals surface area contributed by atoms with Gasteiger partial charge in [-0.15, -0.1) is 0 Å². The summed E-state index contributed by atoms with van der Waals surface area (Å²) < 4.78 is 7.37. The van der Waals surface area contributed by atoms with Gasteiger partial charge >= 0.3 is 0 Å². The van der Waals surface area contributed by atoms with E-state index in [1.54, 1.807) is 6.26 Å². The Balaban J connectivity index is 2.02. The molecule has 2 heterocycles. The van der Waals surface area contributed by atoms with Gasteiger partial charge in [0.2, 0.25) is 0 Å². The molecule has 0 aromatic carbocycles. The molecule has 4 nitrogen and oxygen atoms in total. The summed E-state index contributed by atoms with van der Waals surface area (Å²) in [6.45, 7) is 5.24. The SMILES string of the molecule is CCCNC(CCc1ccnn1C)c1ccoc1C. The number of aromatic nitrogens is 2. The molecule has 0 radical (unpaired) electrons. The van der Waals surface area contributed by atoms with Gasteiger partial charge in [-0.3, -0.25) is 4.68 Å². The molecular weight excluding hydrogens is 238 g/mol. The molecule has 2 aromatic rings. The van der Waals surface area contributed by atoms with Crippen LogP contribution in [0.2, 0.25) is 0 Å². The smallest absolute Gasteiger partial charge is 0.105 e. The van der Waals surface area contributed by atoms with Crippen LogP contribution in [0.1, 0.15) is 42.8 Å². The van der Waals surface area contributed by atoms with E-state index in [-0.39, 0.29) is 0 Å². The number of furan rings is 1. The highest BCUT2D eigenvalue weighted by atomic mass is 16.3. The molecule has 1 atom stereocenters. The highest BCUT2D eigenvalue weighted by Crippen LogP contribution is 2.23. The maximum absolute atomic E-state index is 5.43. The monoisotopic (exact) mass is 261 g/mol. The van der Waals surface area contributed by atoms with Crippen LogP contribution < -0.4 is 5.32 Å². The highest BCUT2D eigenvalue weighted by Gasteiger charge is 2.15. The lowest BCUT2D eigenvalue weighted by molar-refractivity contribution is 0.471. The number of hydrogen-bond donors (Lipinski definition) is 1. The Hall–Kier alpha value is -1.55. The van der Waals surface area contributed by atoms with E-state index in [1.807, 2.05) is 24.9 Å². The zero-order valence-electron chi connectivity index (χ0n) is 12.0. The van der Waals surface area contributed by atoms with Crippen molar-refractivity contribution in [3.63, 3.8) is 0 Å². The van der Waals surface area contributed by atoms with Crippen molar-refractivity contribution < 1.29 is 4.42 Å². The molecule has 2 rings (SSSR count). The van der Waals surface area contributed by atoms with Gasteiger partial charge in [-0.2, -0.15) is 5.10 Å². The summed E-state index contributed by atoms with van der Waals surface area (Å²) >= 11 is 0. The maximum atomic E-state index is 5.43. The molecule has 0 saturated carbocycles. The van der Waals surface area contributed by atoms with E-state index in [0.29, 0.717) is 6.04 Å². The molecule has 0 amide bonds. The van der Waals surface area contributed by atoms with E-state index in [0.717, 1.165) is 31.6 Å². The van der Waals surface area contributed by atoms with Crippen LogP contribution in [0, 0.1) is 6.92 Å². The van der Waals surface area contributed by atoms with Gasteiger partial charge in [0, 0.05) is 30.5 Å². The van der Waals surface area contributed by atoms with Crippen molar-refractivity contribution in [3.05, 3.63) is 41.6 Å². The van der Waals surface area contributed by atoms with Gasteiger partial charge in [0.25, 0.3) is 0 Å². The first-order valence-electron chi connectivity index (χ1n) is 6.96. The highest BCUT2D eigenvalue weighted by molar-refractivity contribution is 5.20. The molecule has 2 aromatic heterocycles. The predicted molar refractivity (Wildman–Crippen MR) is 76.0 cm³/mol.